The van der Waals surface area contributed by atoms with Gasteiger partial charge in [0.15, 0.2) is 0 Å². The number of halogens is 1. The van der Waals surface area contributed by atoms with Crippen LogP contribution >= 0.6 is 11.6 Å². The Kier molecular flexibility index (Phi) is 2.55. The second-order valence-electron chi connectivity index (χ2n) is 3.26. The second-order valence-corrected chi connectivity index (χ2v) is 3.70. The Hall–Kier alpha value is -0.950. The molecule has 1 aromatic rings. The third-order valence-electron chi connectivity index (χ3n) is 2.24. The highest BCUT2D eigenvalue weighted by Crippen LogP contribution is 2.19. The Bertz CT molecular complexity index is 331. The van der Waals surface area contributed by atoms with Gasteiger partial charge in [0.05, 0.1) is 0 Å². The lowest BCUT2D eigenvalue weighted by atomic mass is 9.99. The van der Waals surface area contributed by atoms with Crippen molar-refractivity contribution in [3.8, 4) is 0 Å². The van der Waals surface area contributed by atoms with Crippen LogP contribution in [0.3, 0.4) is 0 Å². The number of hydrogen-bond donors (Lipinski definition) is 1. The summed E-state index contributed by atoms with van der Waals surface area (Å²) in [5, 5.41) is 4.12. The molecule has 0 saturated carbocycles. The van der Waals surface area contributed by atoms with Crippen LogP contribution in [0.1, 0.15) is 12.8 Å². The van der Waals surface area contributed by atoms with Crippen molar-refractivity contribution in [2.45, 2.75) is 12.8 Å². The lowest BCUT2D eigenvalue weighted by Crippen LogP contribution is -2.08. The zero-order chi connectivity index (χ0) is 9.10. The summed E-state index contributed by atoms with van der Waals surface area (Å²) in [6.45, 7) is 0.959. The molecular formula is C11H12ClN. The molecule has 0 unspecified atom stereocenters. The first-order chi connectivity index (χ1) is 6.34. The van der Waals surface area contributed by atoms with E-state index in [1.54, 1.807) is 0 Å². The smallest absolute Gasteiger partial charge is 0.0426 e. The molecule has 0 atom stereocenters. The molecular weight excluding hydrogens is 182 g/mol. The fraction of sp³-hybridized carbons (Fsp3) is 0.273. The molecule has 1 nitrogen and oxygen atoms in total. The zero-order valence-electron chi connectivity index (χ0n) is 7.39. The fourth-order valence-corrected chi connectivity index (χ4v) is 1.51. The molecule has 0 spiro atoms. The van der Waals surface area contributed by atoms with E-state index in [-0.39, 0.29) is 0 Å². The van der Waals surface area contributed by atoms with E-state index >= 15 is 0 Å². The van der Waals surface area contributed by atoms with Crippen LogP contribution in [-0.4, -0.2) is 6.54 Å². The first-order valence-corrected chi connectivity index (χ1v) is 4.90. The van der Waals surface area contributed by atoms with Crippen LogP contribution in [0.4, 0.5) is 5.69 Å². The predicted octanol–water partition coefficient (Wildman–Crippen LogP) is 3.47. The molecule has 0 amide bonds. The second kappa shape index (κ2) is 3.84. The molecule has 0 saturated heterocycles. The van der Waals surface area contributed by atoms with Crippen LogP contribution in [0, 0.1) is 0 Å². The molecule has 0 aliphatic heterocycles. The summed E-state index contributed by atoms with van der Waals surface area (Å²) in [6, 6.07) is 7.82. The fourth-order valence-electron chi connectivity index (χ4n) is 1.32. The SMILES string of the molecule is Clc1cccc(NCC2=CCC2)c1. The highest BCUT2D eigenvalue weighted by atomic mass is 35.5. The average Bonchev–Trinajstić information content (AvgIpc) is 2.01. The van der Waals surface area contributed by atoms with E-state index < -0.39 is 0 Å². The lowest BCUT2D eigenvalue weighted by molar-refractivity contribution is 0.850. The minimum Gasteiger partial charge on any atom is -0.381 e. The van der Waals surface area contributed by atoms with E-state index in [1.807, 2.05) is 24.3 Å². The van der Waals surface area contributed by atoms with Crippen LogP contribution in [-0.2, 0) is 0 Å². The van der Waals surface area contributed by atoms with Gasteiger partial charge in [-0.05, 0) is 31.0 Å². The molecule has 0 heterocycles. The van der Waals surface area contributed by atoms with E-state index in [9.17, 15) is 0 Å². The average molecular weight is 194 g/mol. The molecule has 0 radical (unpaired) electrons. The third kappa shape index (κ3) is 2.25. The largest absolute Gasteiger partial charge is 0.381 e. The lowest BCUT2D eigenvalue weighted by Gasteiger charge is -2.15. The molecule has 1 aromatic carbocycles. The minimum absolute atomic E-state index is 0.785. The summed E-state index contributed by atoms with van der Waals surface area (Å²) >= 11 is 5.85. The summed E-state index contributed by atoms with van der Waals surface area (Å²) in [7, 11) is 0. The van der Waals surface area contributed by atoms with E-state index in [2.05, 4.69) is 11.4 Å². The molecule has 0 fully saturated rings. The maximum atomic E-state index is 5.85. The van der Waals surface area contributed by atoms with Gasteiger partial charge in [0.25, 0.3) is 0 Å². The predicted molar refractivity (Wildman–Crippen MR) is 57.3 cm³/mol. The van der Waals surface area contributed by atoms with E-state index in [1.165, 1.54) is 18.4 Å². The van der Waals surface area contributed by atoms with Crippen LogP contribution in [0.2, 0.25) is 5.02 Å². The van der Waals surface area contributed by atoms with Crippen molar-refractivity contribution in [1.29, 1.82) is 0 Å². The summed E-state index contributed by atoms with van der Waals surface area (Å²) in [4.78, 5) is 0. The van der Waals surface area contributed by atoms with Crippen molar-refractivity contribution >= 4 is 17.3 Å². The quantitative estimate of drug-likeness (QED) is 0.725. The van der Waals surface area contributed by atoms with Crippen LogP contribution < -0.4 is 5.32 Å². The van der Waals surface area contributed by atoms with Crippen molar-refractivity contribution in [3.63, 3.8) is 0 Å². The van der Waals surface area contributed by atoms with Gasteiger partial charge in [0.2, 0.25) is 0 Å². The highest BCUT2D eigenvalue weighted by Gasteiger charge is 2.04. The zero-order valence-corrected chi connectivity index (χ0v) is 8.14. The van der Waals surface area contributed by atoms with Gasteiger partial charge < -0.3 is 5.32 Å². The first-order valence-electron chi connectivity index (χ1n) is 4.52. The van der Waals surface area contributed by atoms with Crippen molar-refractivity contribution < 1.29 is 0 Å². The topological polar surface area (TPSA) is 12.0 Å². The van der Waals surface area contributed by atoms with E-state index in [0.29, 0.717) is 0 Å². The summed E-state index contributed by atoms with van der Waals surface area (Å²) in [5.41, 5.74) is 2.60. The van der Waals surface area contributed by atoms with Crippen molar-refractivity contribution in [2.75, 3.05) is 11.9 Å². The van der Waals surface area contributed by atoms with Gasteiger partial charge in [0, 0.05) is 17.3 Å². The first kappa shape index (κ1) is 8.64. The highest BCUT2D eigenvalue weighted by molar-refractivity contribution is 6.30. The van der Waals surface area contributed by atoms with Crippen LogP contribution in [0.25, 0.3) is 0 Å². The van der Waals surface area contributed by atoms with Gasteiger partial charge in [-0.3, -0.25) is 0 Å². The summed E-state index contributed by atoms with van der Waals surface area (Å²) in [6.07, 6.45) is 4.76. The molecule has 68 valence electrons. The van der Waals surface area contributed by atoms with Crippen molar-refractivity contribution in [2.24, 2.45) is 0 Å². The Morgan fingerprint density at radius 2 is 2.23 bits per heavy atom. The third-order valence-corrected chi connectivity index (χ3v) is 2.48. The molecule has 13 heavy (non-hydrogen) atoms. The van der Waals surface area contributed by atoms with Gasteiger partial charge in [-0.25, -0.2) is 0 Å². The summed E-state index contributed by atoms with van der Waals surface area (Å²) in [5.74, 6) is 0. The normalized spacial score (nSPS) is 14.7. The van der Waals surface area contributed by atoms with Crippen molar-refractivity contribution in [3.05, 3.63) is 40.9 Å². The number of benzene rings is 1. The van der Waals surface area contributed by atoms with Crippen LogP contribution in [0.5, 0.6) is 0 Å². The molecule has 1 N–H and O–H groups in total. The standard InChI is InChI=1S/C11H12ClN/c12-10-5-2-6-11(7-10)13-8-9-3-1-4-9/h2-3,5-7,13H,1,4,8H2. The van der Waals surface area contributed by atoms with Crippen LogP contribution in [0.15, 0.2) is 35.9 Å². The Labute approximate surface area is 83.4 Å². The number of hydrogen-bond acceptors (Lipinski definition) is 1. The molecule has 1 aliphatic rings. The van der Waals surface area contributed by atoms with Gasteiger partial charge in [-0.15, -0.1) is 0 Å². The van der Waals surface area contributed by atoms with Gasteiger partial charge in [0.1, 0.15) is 0 Å². The number of anilines is 1. The van der Waals surface area contributed by atoms with E-state index in [4.69, 9.17) is 11.6 Å². The van der Waals surface area contributed by atoms with Gasteiger partial charge in [-0.1, -0.05) is 29.3 Å². The Morgan fingerprint density at radius 1 is 1.38 bits per heavy atom. The maximum Gasteiger partial charge on any atom is 0.0426 e. The van der Waals surface area contributed by atoms with Gasteiger partial charge in [-0.2, -0.15) is 0 Å². The number of allylic oxidation sites excluding steroid dienone is 1. The van der Waals surface area contributed by atoms with Gasteiger partial charge >= 0.3 is 0 Å². The molecule has 0 aromatic heterocycles. The number of nitrogens with one attached hydrogen (secondary N) is 1. The summed E-state index contributed by atoms with van der Waals surface area (Å²) < 4.78 is 0. The molecule has 2 heteroatoms. The minimum atomic E-state index is 0.785. The number of rotatable bonds is 3. The molecule has 1 aliphatic carbocycles. The van der Waals surface area contributed by atoms with Crippen molar-refractivity contribution in [1.82, 2.24) is 0 Å². The Morgan fingerprint density at radius 3 is 2.85 bits per heavy atom. The monoisotopic (exact) mass is 193 g/mol. The molecule has 2 rings (SSSR count). The van der Waals surface area contributed by atoms with E-state index in [0.717, 1.165) is 17.3 Å². The molecule has 0 bridgehead atoms. The maximum absolute atomic E-state index is 5.85. The Balaban J connectivity index is 1.93.